The molecule has 1 heterocycles. The summed E-state index contributed by atoms with van der Waals surface area (Å²) in [6, 6.07) is 3.96. The van der Waals surface area contributed by atoms with Gasteiger partial charge in [-0.3, -0.25) is 0 Å². The molecule has 1 N–H and O–H groups in total. The smallest absolute Gasteiger partial charge is 0.105 e. The zero-order chi connectivity index (χ0) is 10.1. The van der Waals surface area contributed by atoms with Crippen LogP contribution in [0.3, 0.4) is 0 Å². The standard InChI is InChI=1S/C11H19NOS/c1-14-10-3-2-7-12-8-6-11-5-4-9-13-11/h4-5,9,12H,2-3,6-8,10H2,1H3. The first-order valence-electron chi connectivity index (χ1n) is 5.15. The summed E-state index contributed by atoms with van der Waals surface area (Å²) in [6.45, 7) is 2.15. The summed E-state index contributed by atoms with van der Waals surface area (Å²) in [7, 11) is 0. The molecule has 0 spiro atoms. The van der Waals surface area contributed by atoms with Gasteiger partial charge in [-0.1, -0.05) is 0 Å². The maximum Gasteiger partial charge on any atom is 0.105 e. The Morgan fingerprint density at radius 3 is 3.00 bits per heavy atom. The summed E-state index contributed by atoms with van der Waals surface area (Å²) in [5.41, 5.74) is 0. The minimum atomic E-state index is 0.996. The second kappa shape index (κ2) is 7.94. The molecule has 0 unspecified atom stereocenters. The minimum absolute atomic E-state index is 0.996. The van der Waals surface area contributed by atoms with E-state index in [4.69, 9.17) is 4.42 Å². The third-order valence-electron chi connectivity index (χ3n) is 2.08. The molecule has 0 aliphatic rings. The third kappa shape index (κ3) is 5.35. The molecule has 0 saturated heterocycles. The van der Waals surface area contributed by atoms with Gasteiger partial charge in [-0.05, 0) is 43.5 Å². The van der Waals surface area contributed by atoms with Crippen LogP contribution in [0.25, 0.3) is 0 Å². The van der Waals surface area contributed by atoms with Crippen molar-refractivity contribution in [1.82, 2.24) is 5.32 Å². The highest BCUT2D eigenvalue weighted by molar-refractivity contribution is 7.98. The number of hydrogen-bond donors (Lipinski definition) is 1. The Bertz CT molecular complexity index is 211. The summed E-state index contributed by atoms with van der Waals surface area (Å²) in [6.07, 6.45) is 7.47. The summed E-state index contributed by atoms with van der Waals surface area (Å²) in [5, 5.41) is 3.41. The highest BCUT2D eigenvalue weighted by Gasteiger charge is 1.94. The molecule has 3 heteroatoms. The van der Waals surface area contributed by atoms with Crippen molar-refractivity contribution in [2.75, 3.05) is 25.1 Å². The Labute approximate surface area is 90.5 Å². The van der Waals surface area contributed by atoms with Crippen molar-refractivity contribution >= 4 is 11.8 Å². The molecular weight excluding hydrogens is 194 g/mol. The maximum absolute atomic E-state index is 5.24. The van der Waals surface area contributed by atoms with E-state index in [0.29, 0.717) is 0 Å². The Morgan fingerprint density at radius 2 is 2.29 bits per heavy atom. The molecule has 0 aliphatic carbocycles. The molecule has 1 aromatic rings. The van der Waals surface area contributed by atoms with Crippen LogP contribution in [0.2, 0.25) is 0 Å². The number of hydrogen-bond acceptors (Lipinski definition) is 3. The van der Waals surface area contributed by atoms with Gasteiger partial charge in [-0.15, -0.1) is 0 Å². The van der Waals surface area contributed by atoms with Gasteiger partial charge in [0.25, 0.3) is 0 Å². The van der Waals surface area contributed by atoms with Crippen molar-refractivity contribution < 1.29 is 4.42 Å². The van der Waals surface area contributed by atoms with E-state index in [2.05, 4.69) is 11.6 Å². The average Bonchev–Trinajstić information content (AvgIpc) is 2.69. The molecule has 0 atom stereocenters. The van der Waals surface area contributed by atoms with E-state index in [9.17, 15) is 0 Å². The summed E-state index contributed by atoms with van der Waals surface area (Å²) < 4.78 is 5.24. The molecule has 0 radical (unpaired) electrons. The van der Waals surface area contributed by atoms with Crippen LogP contribution in [-0.4, -0.2) is 25.1 Å². The number of nitrogens with one attached hydrogen (secondary N) is 1. The van der Waals surface area contributed by atoms with Crippen molar-refractivity contribution in [3.63, 3.8) is 0 Å². The van der Waals surface area contributed by atoms with Gasteiger partial charge in [-0.25, -0.2) is 0 Å². The van der Waals surface area contributed by atoms with E-state index < -0.39 is 0 Å². The molecule has 80 valence electrons. The molecule has 14 heavy (non-hydrogen) atoms. The van der Waals surface area contributed by atoms with Crippen molar-refractivity contribution in [3.05, 3.63) is 24.2 Å². The quantitative estimate of drug-likeness (QED) is 0.672. The van der Waals surface area contributed by atoms with E-state index in [1.54, 1.807) is 6.26 Å². The maximum atomic E-state index is 5.24. The molecule has 2 nitrogen and oxygen atoms in total. The van der Waals surface area contributed by atoms with E-state index in [-0.39, 0.29) is 0 Å². The average molecular weight is 213 g/mol. The van der Waals surface area contributed by atoms with E-state index in [0.717, 1.165) is 25.3 Å². The lowest BCUT2D eigenvalue weighted by atomic mass is 10.3. The van der Waals surface area contributed by atoms with Crippen molar-refractivity contribution in [2.24, 2.45) is 0 Å². The van der Waals surface area contributed by atoms with Crippen LogP contribution in [0.4, 0.5) is 0 Å². The topological polar surface area (TPSA) is 25.2 Å². The lowest BCUT2D eigenvalue weighted by Gasteiger charge is -2.02. The van der Waals surface area contributed by atoms with Crippen molar-refractivity contribution in [3.8, 4) is 0 Å². The molecule has 0 saturated carbocycles. The van der Waals surface area contributed by atoms with Crippen LogP contribution in [0.5, 0.6) is 0 Å². The van der Waals surface area contributed by atoms with Gasteiger partial charge < -0.3 is 9.73 Å². The van der Waals surface area contributed by atoms with Gasteiger partial charge >= 0.3 is 0 Å². The second-order valence-corrected chi connectivity index (χ2v) is 4.26. The fourth-order valence-electron chi connectivity index (χ4n) is 1.29. The first-order chi connectivity index (χ1) is 6.93. The van der Waals surface area contributed by atoms with Crippen molar-refractivity contribution in [2.45, 2.75) is 19.3 Å². The Balaban J connectivity index is 1.85. The van der Waals surface area contributed by atoms with Crippen LogP contribution >= 0.6 is 11.8 Å². The van der Waals surface area contributed by atoms with Gasteiger partial charge in [0, 0.05) is 13.0 Å². The zero-order valence-electron chi connectivity index (χ0n) is 8.79. The second-order valence-electron chi connectivity index (χ2n) is 3.28. The molecule has 0 aromatic carbocycles. The number of unbranched alkanes of at least 4 members (excludes halogenated alkanes) is 1. The predicted molar refractivity (Wildman–Crippen MR) is 62.9 cm³/mol. The summed E-state index contributed by atoms with van der Waals surface area (Å²) >= 11 is 1.92. The Kier molecular flexibility index (Phi) is 6.62. The molecule has 0 amide bonds. The van der Waals surface area contributed by atoms with Crippen LogP contribution in [-0.2, 0) is 6.42 Å². The lowest BCUT2D eigenvalue weighted by molar-refractivity contribution is 0.497. The normalized spacial score (nSPS) is 10.6. The van der Waals surface area contributed by atoms with Gasteiger partial charge in [0.15, 0.2) is 0 Å². The molecule has 0 bridgehead atoms. The number of furan rings is 1. The van der Waals surface area contributed by atoms with Crippen LogP contribution in [0, 0.1) is 0 Å². The Hall–Kier alpha value is -0.410. The molecular formula is C11H19NOS. The van der Waals surface area contributed by atoms with Crippen LogP contribution in [0.15, 0.2) is 22.8 Å². The SMILES string of the molecule is CSCCCCNCCc1ccco1. The lowest BCUT2D eigenvalue weighted by Crippen LogP contribution is -2.18. The Morgan fingerprint density at radius 1 is 1.36 bits per heavy atom. The minimum Gasteiger partial charge on any atom is -0.469 e. The predicted octanol–water partition coefficient (Wildman–Crippen LogP) is 2.55. The molecule has 1 aromatic heterocycles. The fourth-order valence-corrected chi connectivity index (χ4v) is 1.78. The number of thioether (sulfide) groups is 1. The van der Waals surface area contributed by atoms with Gasteiger partial charge in [0.1, 0.15) is 5.76 Å². The van der Waals surface area contributed by atoms with Gasteiger partial charge in [0.2, 0.25) is 0 Å². The first-order valence-corrected chi connectivity index (χ1v) is 6.55. The highest BCUT2D eigenvalue weighted by atomic mass is 32.2. The monoisotopic (exact) mass is 213 g/mol. The van der Waals surface area contributed by atoms with Gasteiger partial charge in [-0.2, -0.15) is 11.8 Å². The van der Waals surface area contributed by atoms with Crippen molar-refractivity contribution in [1.29, 1.82) is 0 Å². The van der Waals surface area contributed by atoms with Crippen LogP contribution < -0.4 is 5.32 Å². The zero-order valence-corrected chi connectivity index (χ0v) is 9.61. The highest BCUT2D eigenvalue weighted by Crippen LogP contribution is 2.00. The number of rotatable bonds is 8. The van der Waals surface area contributed by atoms with E-state index in [1.165, 1.54) is 18.6 Å². The van der Waals surface area contributed by atoms with E-state index in [1.807, 2.05) is 23.9 Å². The fraction of sp³-hybridized carbons (Fsp3) is 0.636. The molecule has 1 rings (SSSR count). The van der Waals surface area contributed by atoms with Gasteiger partial charge in [0.05, 0.1) is 6.26 Å². The summed E-state index contributed by atoms with van der Waals surface area (Å²) in [5.74, 6) is 2.35. The molecule has 0 aliphatic heterocycles. The molecule has 0 fully saturated rings. The summed E-state index contributed by atoms with van der Waals surface area (Å²) in [4.78, 5) is 0. The van der Waals surface area contributed by atoms with Crippen LogP contribution in [0.1, 0.15) is 18.6 Å². The first kappa shape index (κ1) is 11.7. The van der Waals surface area contributed by atoms with E-state index >= 15 is 0 Å². The third-order valence-corrected chi connectivity index (χ3v) is 2.78. The largest absolute Gasteiger partial charge is 0.469 e.